The Kier molecular flexibility index (Phi) is 21.4. The second-order valence-corrected chi connectivity index (χ2v) is 22.5. The lowest BCUT2D eigenvalue weighted by atomic mass is 9.89. The molecule has 4 N–H and O–H groups in total. The molecule has 1 aromatic carbocycles. The van der Waals surface area contributed by atoms with Crippen LogP contribution in [0.15, 0.2) is 30.3 Å². The summed E-state index contributed by atoms with van der Waals surface area (Å²) in [5.74, 6) is -2.66. The zero-order chi connectivity index (χ0) is 45.6. The Balaban J connectivity index is 2.26. The molecular weight excluding hydrogens is 783 g/mol. The highest BCUT2D eigenvalue weighted by Crippen LogP contribution is 2.30. The second kappa shape index (κ2) is 24.3. The number of nitrogens with one attached hydrogen (secondary N) is 2. The number of hydrogen-bond acceptors (Lipinski definition) is 9. The Morgan fingerprint density at radius 2 is 1.52 bits per heavy atom. The number of rotatable bonds is 24. The van der Waals surface area contributed by atoms with Gasteiger partial charge in [-0.05, 0) is 68.6 Å². The summed E-state index contributed by atoms with van der Waals surface area (Å²) < 4.78 is 12.0. The maximum absolute atomic E-state index is 14.5. The molecule has 0 spiro atoms. The molecule has 0 bridgehead atoms. The van der Waals surface area contributed by atoms with Gasteiger partial charge in [0.1, 0.15) is 12.1 Å². The predicted octanol–water partition coefficient (Wildman–Crippen LogP) is 4.75. The summed E-state index contributed by atoms with van der Waals surface area (Å²) in [6, 6.07) is 6.54. The topological polar surface area (TPSA) is 178 Å². The highest BCUT2D eigenvalue weighted by molar-refractivity contribution is 6.69. The molecule has 1 aromatic rings. The van der Waals surface area contributed by atoms with Gasteiger partial charge in [-0.15, -0.1) is 0 Å². The standard InChI is InChI=1S/C45H79N5O9Si/c1-15-30(6)40(49(10)45(56)38(28(2)3)47-44(55)39(29(4)5)48(9)36(51)24-20-26-60(13,14)57)35(58-11)27-37(52)50-25-19-23-34(50)42(59-12)31(7)43(54)46-32(8)41(53)33-21-17-16-18-22-33/h16-18,21-22,28-32,34-35,38-42,53,57H,15,19-20,23-27H2,1-14H3,(H,46,54)(H,47,55)/t30?,31?,32?,34-,35?,38?,39?,40?,41?,42?/m1/s1. The molecule has 0 saturated carbocycles. The SMILES string of the molecule is CCC(C)C(C(CC(=O)N1CCC[C@@H]1C(OC)C(C)C(=O)NC(C)C(O)c1ccccc1)OC)N(C)C(=O)C(NC(=O)C(C(C)C)N(C)C(=O)CCC[Si](C)(C)O)C(C)C. The monoisotopic (exact) mass is 862 g/mol. The van der Waals surface area contributed by atoms with E-state index in [4.69, 9.17) is 9.47 Å². The van der Waals surface area contributed by atoms with Gasteiger partial charge in [0.05, 0.1) is 48.8 Å². The molecular formula is C45H79N5O9Si. The van der Waals surface area contributed by atoms with Crippen LogP contribution in [0.1, 0.15) is 106 Å². The van der Waals surface area contributed by atoms with E-state index in [0.717, 1.165) is 6.42 Å². The first-order valence-corrected chi connectivity index (χ1v) is 25.1. The quantitative estimate of drug-likeness (QED) is 0.107. The lowest BCUT2D eigenvalue weighted by Gasteiger charge is -2.41. The molecule has 1 aliphatic heterocycles. The molecule has 60 heavy (non-hydrogen) atoms. The van der Waals surface area contributed by atoms with E-state index in [9.17, 15) is 33.9 Å². The van der Waals surface area contributed by atoms with E-state index in [1.807, 2.05) is 85.0 Å². The van der Waals surface area contributed by atoms with Crippen molar-refractivity contribution in [3.63, 3.8) is 0 Å². The summed E-state index contributed by atoms with van der Waals surface area (Å²) in [6.45, 7) is 19.1. The minimum absolute atomic E-state index is 0.0199. The molecule has 2 rings (SSSR count). The van der Waals surface area contributed by atoms with Gasteiger partial charge in [0.2, 0.25) is 29.5 Å². The molecule has 1 heterocycles. The van der Waals surface area contributed by atoms with E-state index in [-0.39, 0.29) is 60.3 Å². The number of ether oxygens (including phenoxy) is 2. The van der Waals surface area contributed by atoms with Crippen LogP contribution in [0.2, 0.25) is 19.1 Å². The van der Waals surface area contributed by atoms with Gasteiger partial charge in [-0.1, -0.05) is 85.2 Å². The van der Waals surface area contributed by atoms with Crippen LogP contribution in [-0.2, 0) is 33.4 Å². The number of benzene rings is 1. The first-order chi connectivity index (χ1) is 28.0. The number of likely N-dealkylation sites (tertiary alicyclic amines) is 1. The van der Waals surface area contributed by atoms with E-state index >= 15 is 0 Å². The zero-order valence-electron chi connectivity index (χ0n) is 39.1. The number of carbonyl (C=O) groups excluding carboxylic acids is 5. The fourth-order valence-corrected chi connectivity index (χ4v) is 9.62. The minimum Gasteiger partial charge on any atom is -0.432 e. The first kappa shape index (κ1) is 52.8. The average Bonchev–Trinajstić information content (AvgIpc) is 3.68. The molecule has 15 heteroatoms. The molecule has 0 aromatic heterocycles. The number of aliphatic hydroxyl groups is 1. The second-order valence-electron chi connectivity index (χ2n) is 18.3. The van der Waals surface area contributed by atoms with Gasteiger partial charge in [-0.25, -0.2) is 0 Å². The van der Waals surface area contributed by atoms with Gasteiger partial charge in [-0.3, -0.25) is 24.0 Å². The Labute approximate surface area is 361 Å². The summed E-state index contributed by atoms with van der Waals surface area (Å²) in [5.41, 5.74) is 0.696. The Bertz CT molecular complexity index is 1530. The summed E-state index contributed by atoms with van der Waals surface area (Å²) in [5, 5.41) is 16.8. The number of hydrogen-bond donors (Lipinski definition) is 4. The maximum atomic E-state index is 14.5. The lowest BCUT2D eigenvalue weighted by Crippen LogP contribution is -2.60. The normalized spacial score (nSPS) is 19.1. The predicted molar refractivity (Wildman–Crippen MR) is 237 cm³/mol. The largest absolute Gasteiger partial charge is 0.432 e. The van der Waals surface area contributed by atoms with Gasteiger partial charge in [0.15, 0.2) is 8.32 Å². The average molecular weight is 862 g/mol. The van der Waals surface area contributed by atoms with Crippen molar-refractivity contribution in [2.45, 2.75) is 162 Å². The fourth-order valence-electron chi connectivity index (χ4n) is 8.58. The van der Waals surface area contributed by atoms with Crippen LogP contribution in [0.3, 0.4) is 0 Å². The number of nitrogens with zero attached hydrogens (tertiary/aromatic N) is 3. The molecule has 5 amide bonds. The molecule has 0 aliphatic carbocycles. The molecule has 14 nitrogen and oxygen atoms in total. The molecule has 10 atom stereocenters. The number of aliphatic hydroxyl groups excluding tert-OH is 1. The van der Waals surface area contributed by atoms with Crippen LogP contribution < -0.4 is 10.6 Å². The van der Waals surface area contributed by atoms with Crippen molar-refractivity contribution < 1.29 is 43.3 Å². The van der Waals surface area contributed by atoms with Gasteiger partial charge in [-0.2, -0.15) is 0 Å². The van der Waals surface area contributed by atoms with Gasteiger partial charge in [0, 0.05) is 41.3 Å². The number of methoxy groups -OCH3 is 2. The zero-order valence-corrected chi connectivity index (χ0v) is 40.1. The van der Waals surface area contributed by atoms with Gasteiger partial charge < -0.3 is 44.7 Å². The fraction of sp³-hybridized carbons (Fsp3) is 0.756. The Morgan fingerprint density at radius 1 is 0.900 bits per heavy atom. The van der Waals surface area contributed by atoms with E-state index in [2.05, 4.69) is 10.6 Å². The van der Waals surface area contributed by atoms with E-state index < -0.39 is 62.6 Å². The van der Waals surface area contributed by atoms with Crippen molar-refractivity contribution in [1.82, 2.24) is 25.3 Å². The van der Waals surface area contributed by atoms with Gasteiger partial charge in [0.25, 0.3) is 0 Å². The highest BCUT2D eigenvalue weighted by atomic mass is 28.4. The number of likely N-dealkylation sites (N-methyl/N-ethyl adjacent to an activating group) is 2. The third-order valence-electron chi connectivity index (χ3n) is 12.4. The third kappa shape index (κ3) is 14.6. The van der Waals surface area contributed by atoms with Crippen LogP contribution in [0.4, 0.5) is 0 Å². The van der Waals surface area contributed by atoms with E-state index in [1.54, 1.807) is 44.9 Å². The maximum Gasteiger partial charge on any atom is 0.245 e. The van der Waals surface area contributed by atoms with Crippen LogP contribution in [0.25, 0.3) is 0 Å². The van der Waals surface area contributed by atoms with Crippen LogP contribution in [0.5, 0.6) is 0 Å². The minimum atomic E-state index is -2.32. The van der Waals surface area contributed by atoms with Crippen LogP contribution in [0, 0.1) is 23.7 Å². The van der Waals surface area contributed by atoms with Crippen molar-refractivity contribution in [3.8, 4) is 0 Å². The summed E-state index contributed by atoms with van der Waals surface area (Å²) in [7, 11) is 4.06. The summed E-state index contributed by atoms with van der Waals surface area (Å²) in [6.07, 6.45) is 0.598. The van der Waals surface area contributed by atoms with E-state index in [1.165, 1.54) is 12.0 Å². The number of carbonyl (C=O) groups is 5. The third-order valence-corrected chi connectivity index (χ3v) is 13.9. The molecule has 342 valence electrons. The molecule has 9 unspecified atom stereocenters. The molecule has 1 aliphatic rings. The van der Waals surface area contributed by atoms with Crippen molar-refractivity contribution in [1.29, 1.82) is 0 Å². The van der Waals surface area contributed by atoms with Crippen molar-refractivity contribution in [2.75, 3.05) is 34.9 Å². The molecule has 1 saturated heterocycles. The first-order valence-electron chi connectivity index (χ1n) is 22.0. The van der Waals surface area contributed by atoms with Crippen molar-refractivity contribution >= 4 is 37.9 Å². The summed E-state index contributed by atoms with van der Waals surface area (Å²) in [4.78, 5) is 84.5. The smallest absolute Gasteiger partial charge is 0.245 e. The number of amides is 5. The molecule has 1 fully saturated rings. The van der Waals surface area contributed by atoms with Crippen LogP contribution >= 0.6 is 0 Å². The van der Waals surface area contributed by atoms with Crippen molar-refractivity contribution in [2.24, 2.45) is 23.7 Å². The van der Waals surface area contributed by atoms with Crippen molar-refractivity contribution in [3.05, 3.63) is 35.9 Å². The Hall–Kier alpha value is -3.37. The van der Waals surface area contributed by atoms with Crippen LogP contribution in [-0.4, -0.2) is 140 Å². The Morgan fingerprint density at radius 3 is 2.03 bits per heavy atom. The van der Waals surface area contributed by atoms with Gasteiger partial charge >= 0.3 is 0 Å². The lowest BCUT2D eigenvalue weighted by molar-refractivity contribution is -0.148. The summed E-state index contributed by atoms with van der Waals surface area (Å²) >= 11 is 0. The van der Waals surface area contributed by atoms with E-state index in [0.29, 0.717) is 37.4 Å². The highest BCUT2D eigenvalue weighted by Gasteiger charge is 2.43. The molecule has 0 radical (unpaired) electrons.